The van der Waals surface area contributed by atoms with Crippen LogP contribution in [-0.4, -0.2) is 39.3 Å². The number of nitrogens with zero attached hydrogens (tertiary/aromatic N) is 2. The highest BCUT2D eigenvalue weighted by Gasteiger charge is 2.28. The van der Waals surface area contributed by atoms with Crippen molar-refractivity contribution in [2.75, 3.05) is 25.5 Å². The minimum absolute atomic E-state index is 0.0192. The number of benzene rings is 2. The van der Waals surface area contributed by atoms with Gasteiger partial charge in [0.2, 0.25) is 15.9 Å². The fraction of sp³-hybridized carbons (Fsp3) is 0.318. The van der Waals surface area contributed by atoms with Crippen LogP contribution in [0.15, 0.2) is 52.0 Å². The molecule has 0 aliphatic carbocycles. The number of carbonyl (C=O) groups excluding carboxylic acids is 1. The van der Waals surface area contributed by atoms with Gasteiger partial charge in [0.15, 0.2) is 0 Å². The van der Waals surface area contributed by atoms with Crippen molar-refractivity contribution in [3.05, 3.63) is 59.4 Å². The Morgan fingerprint density at radius 2 is 1.97 bits per heavy atom. The molecular formula is C22H24N2O4S. The number of aryl methyl sites for hydroxylation is 1. The van der Waals surface area contributed by atoms with E-state index in [0.717, 1.165) is 34.2 Å². The number of amides is 1. The van der Waals surface area contributed by atoms with Gasteiger partial charge in [0.25, 0.3) is 0 Å². The van der Waals surface area contributed by atoms with Crippen LogP contribution in [0.4, 0.5) is 5.69 Å². The maximum atomic E-state index is 13.0. The molecule has 6 nitrogen and oxygen atoms in total. The minimum Gasteiger partial charge on any atom is -0.464 e. The zero-order chi connectivity index (χ0) is 20.8. The summed E-state index contributed by atoms with van der Waals surface area (Å²) in [6.07, 6.45) is 3.48. The van der Waals surface area contributed by atoms with Gasteiger partial charge in [-0.1, -0.05) is 19.1 Å². The Labute approximate surface area is 170 Å². The minimum atomic E-state index is -3.49. The molecule has 0 saturated heterocycles. The third-order valence-electron chi connectivity index (χ3n) is 5.50. The third kappa shape index (κ3) is 3.45. The number of rotatable bonds is 5. The molecule has 152 valence electrons. The molecule has 3 aromatic rings. The molecule has 1 aliphatic heterocycles. The summed E-state index contributed by atoms with van der Waals surface area (Å²) in [6, 6.07) is 11.1. The van der Waals surface area contributed by atoms with Crippen LogP contribution >= 0.6 is 0 Å². The molecule has 29 heavy (non-hydrogen) atoms. The normalized spacial score (nSPS) is 14.0. The summed E-state index contributed by atoms with van der Waals surface area (Å²) in [5.74, 6) is -0.0192. The van der Waals surface area contributed by atoms with Gasteiger partial charge in [0.1, 0.15) is 5.58 Å². The number of fused-ring (bicyclic) bond motifs is 2. The molecule has 7 heteroatoms. The second-order valence-corrected chi connectivity index (χ2v) is 9.65. The molecule has 0 unspecified atom stereocenters. The molecule has 0 saturated carbocycles. The molecule has 0 spiro atoms. The van der Waals surface area contributed by atoms with Crippen molar-refractivity contribution in [3.8, 4) is 0 Å². The summed E-state index contributed by atoms with van der Waals surface area (Å²) < 4.78 is 31.6. The number of anilines is 1. The Balaban J connectivity index is 1.58. The molecule has 2 heterocycles. The van der Waals surface area contributed by atoms with Crippen molar-refractivity contribution in [1.82, 2.24) is 4.31 Å². The van der Waals surface area contributed by atoms with Gasteiger partial charge in [-0.25, -0.2) is 12.7 Å². The maximum absolute atomic E-state index is 13.0. The highest BCUT2D eigenvalue weighted by atomic mass is 32.2. The van der Waals surface area contributed by atoms with Gasteiger partial charge in [-0.15, -0.1) is 0 Å². The van der Waals surface area contributed by atoms with Gasteiger partial charge in [-0.2, -0.15) is 0 Å². The van der Waals surface area contributed by atoms with Crippen molar-refractivity contribution in [2.45, 2.75) is 31.1 Å². The standard InChI is InChI=1S/C22H24N2O4S/c1-4-15-5-7-19-17(14-28-21(19)11-15)13-22(25)24-10-9-16-12-18(6-8-20(16)24)29(26,27)23(2)3/h5-8,11-12,14H,4,9-10,13H2,1-3H3. The Morgan fingerprint density at radius 1 is 1.17 bits per heavy atom. The van der Waals surface area contributed by atoms with E-state index in [1.165, 1.54) is 24.0 Å². The molecule has 1 aliphatic rings. The zero-order valence-corrected chi connectivity index (χ0v) is 17.6. The predicted molar refractivity (Wildman–Crippen MR) is 113 cm³/mol. The van der Waals surface area contributed by atoms with E-state index < -0.39 is 10.0 Å². The van der Waals surface area contributed by atoms with Crippen LogP contribution in [0.5, 0.6) is 0 Å². The summed E-state index contributed by atoms with van der Waals surface area (Å²) in [6.45, 7) is 2.64. The van der Waals surface area contributed by atoms with Gasteiger partial charge < -0.3 is 9.32 Å². The van der Waals surface area contributed by atoms with Crippen LogP contribution in [0.2, 0.25) is 0 Å². The molecule has 0 bridgehead atoms. The molecule has 4 rings (SSSR count). The van der Waals surface area contributed by atoms with Gasteiger partial charge in [-0.05, 0) is 48.2 Å². The van der Waals surface area contributed by atoms with E-state index in [-0.39, 0.29) is 17.2 Å². The lowest BCUT2D eigenvalue weighted by Gasteiger charge is -2.18. The molecule has 2 aromatic carbocycles. The first-order valence-corrected chi connectivity index (χ1v) is 11.1. The molecule has 1 aromatic heterocycles. The number of furan rings is 1. The van der Waals surface area contributed by atoms with E-state index in [4.69, 9.17) is 4.42 Å². The van der Waals surface area contributed by atoms with Crippen LogP contribution in [0.25, 0.3) is 11.0 Å². The molecular weight excluding hydrogens is 388 g/mol. The second kappa shape index (κ2) is 7.31. The lowest BCUT2D eigenvalue weighted by atomic mass is 10.1. The maximum Gasteiger partial charge on any atom is 0.242 e. The Morgan fingerprint density at radius 3 is 2.69 bits per heavy atom. The van der Waals surface area contributed by atoms with E-state index in [0.29, 0.717) is 13.0 Å². The van der Waals surface area contributed by atoms with Crippen molar-refractivity contribution in [3.63, 3.8) is 0 Å². The van der Waals surface area contributed by atoms with E-state index >= 15 is 0 Å². The Hall–Kier alpha value is -2.64. The van der Waals surface area contributed by atoms with Crippen molar-refractivity contribution < 1.29 is 17.6 Å². The fourth-order valence-corrected chi connectivity index (χ4v) is 4.70. The largest absolute Gasteiger partial charge is 0.464 e. The average Bonchev–Trinajstić information content (AvgIpc) is 3.31. The summed E-state index contributed by atoms with van der Waals surface area (Å²) >= 11 is 0. The van der Waals surface area contributed by atoms with Crippen molar-refractivity contribution >= 4 is 32.6 Å². The monoisotopic (exact) mass is 412 g/mol. The third-order valence-corrected chi connectivity index (χ3v) is 7.31. The Kier molecular flexibility index (Phi) is 4.96. The SMILES string of the molecule is CCc1ccc2c(CC(=O)N3CCc4cc(S(=O)(=O)N(C)C)ccc43)coc2c1. The molecule has 0 atom stereocenters. The smallest absolute Gasteiger partial charge is 0.242 e. The first kappa shape index (κ1) is 19.7. The zero-order valence-electron chi connectivity index (χ0n) is 16.8. The van der Waals surface area contributed by atoms with Crippen molar-refractivity contribution in [2.24, 2.45) is 0 Å². The summed E-state index contributed by atoms with van der Waals surface area (Å²) in [5.41, 5.74) is 4.53. The summed E-state index contributed by atoms with van der Waals surface area (Å²) in [4.78, 5) is 15.0. The van der Waals surface area contributed by atoms with Crippen LogP contribution < -0.4 is 4.90 Å². The lowest BCUT2D eigenvalue weighted by Crippen LogP contribution is -2.30. The van der Waals surface area contributed by atoms with Crippen LogP contribution in [0.3, 0.4) is 0 Å². The van der Waals surface area contributed by atoms with Crippen LogP contribution in [0, 0.1) is 0 Å². The quantitative estimate of drug-likeness (QED) is 0.644. The first-order valence-electron chi connectivity index (χ1n) is 9.66. The van der Waals surface area contributed by atoms with Crippen LogP contribution in [0.1, 0.15) is 23.6 Å². The molecule has 1 amide bonds. The Bertz CT molecular complexity index is 1190. The van der Waals surface area contributed by atoms with Gasteiger partial charge >= 0.3 is 0 Å². The highest BCUT2D eigenvalue weighted by molar-refractivity contribution is 7.89. The molecule has 0 N–H and O–H groups in total. The number of hydrogen-bond acceptors (Lipinski definition) is 4. The highest BCUT2D eigenvalue weighted by Crippen LogP contribution is 2.32. The second-order valence-electron chi connectivity index (χ2n) is 7.50. The van der Waals surface area contributed by atoms with Crippen molar-refractivity contribution in [1.29, 1.82) is 0 Å². The van der Waals surface area contributed by atoms with Crippen LogP contribution in [-0.2, 0) is 34.1 Å². The molecule has 0 fully saturated rings. The fourth-order valence-electron chi connectivity index (χ4n) is 3.75. The van der Waals surface area contributed by atoms with Gasteiger partial charge in [0, 0.05) is 37.3 Å². The van der Waals surface area contributed by atoms with E-state index in [9.17, 15) is 13.2 Å². The summed E-state index contributed by atoms with van der Waals surface area (Å²) in [5, 5.41) is 0.961. The number of carbonyl (C=O) groups is 1. The molecule has 0 radical (unpaired) electrons. The lowest BCUT2D eigenvalue weighted by molar-refractivity contribution is -0.117. The van der Waals surface area contributed by atoms with Gasteiger partial charge in [0.05, 0.1) is 17.6 Å². The number of hydrogen-bond donors (Lipinski definition) is 0. The van der Waals surface area contributed by atoms with E-state index in [1.807, 2.05) is 12.1 Å². The van der Waals surface area contributed by atoms with Gasteiger partial charge in [-0.3, -0.25) is 4.79 Å². The number of sulfonamides is 1. The summed E-state index contributed by atoms with van der Waals surface area (Å²) in [7, 11) is -0.468. The predicted octanol–water partition coefficient (Wildman–Crippen LogP) is 3.38. The first-order chi connectivity index (χ1) is 13.8. The van der Waals surface area contributed by atoms with E-state index in [2.05, 4.69) is 13.0 Å². The topological polar surface area (TPSA) is 70.8 Å². The average molecular weight is 413 g/mol. The van der Waals surface area contributed by atoms with E-state index in [1.54, 1.807) is 29.4 Å².